The minimum absolute atomic E-state index is 0.0245. The van der Waals surface area contributed by atoms with Crippen LogP contribution in [-0.4, -0.2) is 46.5 Å². The van der Waals surface area contributed by atoms with Gasteiger partial charge in [-0.2, -0.15) is 0 Å². The predicted molar refractivity (Wildman–Crippen MR) is 102 cm³/mol. The van der Waals surface area contributed by atoms with Gasteiger partial charge in [-0.3, -0.25) is 9.69 Å². The smallest absolute Gasteiger partial charge is 0.255 e. The normalized spacial score (nSPS) is 16.5. The second kappa shape index (κ2) is 7.62. The third kappa shape index (κ3) is 4.52. The SMILES string of the molecule is CC(C)(C)n1ccc(C(=O)N2CCCN(Cc3ccc(F)cc3)CC2)c1. The van der Waals surface area contributed by atoms with E-state index in [4.69, 9.17) is 0 Å². The zero-order valence-electron chi connectivity index (χ0n) is 15.9. The van der Waals surface area contributed by atoms with E-state index in [-0.39, 0.29) is 17.3 Å². The molecular weight excluding hydrogens is 329 g/mol. The molecule has 2 aromatic rings. The first-order chi connectivity index (χ1) is 12.3. The number of carbonyl (C=O) groups is 1. The van der Waals surface area contributed by atoms with Gasteiger partial charge in [0, 0.05) is 50.7 Å². The molecule has 1 saturated heterocycles. The highest BCUT2D eigenvalue weighted by Crippen LogP contribution is 2.18. The van der Waals surface area contributed by atoms with Gasteiger partial charge in [-0.1, -0.05) is 12.1 Å². The predicted octanol–water partition coefficient (Wildman–Crippen LogP) is 3.73. The van der Waals surface area contributed by atoms with Crippen LogP contribution in [0.5, 0.6) is 0 Å². The monoisotopic (exact) mass is 357 g/mol. The average Bonchev–Trinajstić information content (AvgIpc) is 2.99. The van der Waals surface area contributed by atoms with Gasteiger partial charge in [-0.25, -0.2) is 4.39 Å². The van der Waals surface area contributed by atoms with Crippen LogP contribution in [0.25, 0.3) is 0 Å². The molecule has 4 nitrogen and oxygen atoms in total. The van der Waals surface area contributed by atoms with E-state index in [0.29, 0.717) is 0 Å². The van der Waals surface area contributed by atoms with Crippen molar-refractivity contribution in [2.45, 2.75) is 39.3 Å². The van der Waals surface area contributed by atoms with Crippen molar-refractivity contribution < 1.29 is 9.18 Å². The van der Waals surface area contributed by atoms with Gasteiger partial charge in [0.25, 0.3) is 5.91 Å². The van der Waals surface area contributed by atoms with Crippen LogP contribution < -0.4 is 0 Å². The molecule has 26 heavy (non-hydrogen) atoms. The molecule has 140 valence electrons. The standard InChI is InChI=1S/C21H28FN3O/c1-21(2,3)25-12-9-18(16-25)20(26)24-11-4-10-23(13-14-24)15-17-5-7-19(22)8-6-17/h5-9,12,16H,4,10-11,13-15H2,1-3H3. The van der Waals surface area contributed by atoms with E-state index in [0.717, 1.165) is 50.3 Å². The first kappa shape index (κ1) is 18.6. The van der Waals surface area contributed by atoms with Crippen LogP contribution in [0.15, 0.2) is 42.7 Å². The summed E-state index contributed by atoms with van der Waals surface area (Å²) in [5.74, 6) is -0.0970. The van der Waals surface area contributed by atoms with Gasteiger partial charge in [-0.15, -0.1) is 0 Å². The molecule has 1 aliphatic rings. The minimum atomic E-state index is -0.205. The molecule has 0 aliphatic carbocycles. The van der Waals surface area contributed by atoms with Crippen LogP contribution in [0.3, 0.4) is 0 Å². The molecule has 5 heteroatoms. The Morgan fingerprint density at radius 3 is 2.42 bits per heavy atom. The molecule has 1 amide bonds. The Bertz CT molecular complexity index is 745. The van der Waals surface area contributed by atoms with Crippen LogP contribution in [0, 0.1) is 5.82 Å². The third-order valence-corrected chi connectivity index (χ3v) is 4.91. The van der Waals surface area contributed by atoms with Crippen molar-refractivity contribution in [1.82, 2.24) is 14.4 Å². The van der Waals surface area contributed by atoms with Crippen LogP contribution in [0.2, 0.25) is 0 Å². The summed E-state index contributed by atoms with van der Waals surface area (Å²) in [7, 11) is 0. The van der Waals surface area contributed by atoms with Crippen LogP contribution >= 0.6 is 0 Å². The van der Waals surface area contributed by atoms with Crippen molar-refractivity contribution in [2.75, 3.05) is 26.2 Å². The summed E-state index contributed by atoms with van der Waals surface area (Å²) >= 11 is 0. The first-order valence-electron chi connectivity index (χ1n) is 9.27. The minimum Gasteiger partial charge on any atom is -0.348 e. The van der Waals surface area contributed by atoms with Crippen molar-refractivity contribution in [1.29, 1.82) is 0 Å². The second-order valence-corrected chi connectivity index (χ2v) is 8.03. The fourth-order valence-corrected chi connectivity index (χ4v) is 3.30. The summed E-state index contributed by atoms with van der Waals surface area (Å²) < 4.78 is 15.1. The first-order valence-corrected chi connectivity index (χ1v) is 9.27. The molecular formula is C21H28FN3O. The van der Waals surface area contributed by atoms with E-state index < -0.39 is 0 Å². The molecule has 1 aromatic heterocycles. The molecule has 1 aromatic carbocycles. The van der Waals surface area contributed by atoms with Gasteiger partial charge in [-0.05, 0) is 51.0 Å². The number of rotatable bonds is 3. The van der Waals surface area contributed by atoms with Crippen molar-refractivity contribution in [3.8, 4) is 0 Å². The van der Waals surface area contributed by atoms with Crippen molar-refractivity contribution in [3.63, 3.8) is 0 Å². The lowest BCUT2D eigenvalue weighted by atomic mass is 10.1. The molecule has 1 aliphatic heterocycles. The third-order valence-electron chi connectivity index (χ3n) is 4.91. The number of halogens is 1. The van der Waals surface area contributed by atoms with E-state index in [1.807, 2.05) is 35.5 Å². The van der Waals surface area contributed by atoms with Gasteiger partial charge >= 0.3 is 0 Å². The number of carbonyl (C=O) groups excluding carboxylic acids is 1. The maximum atomic E-state index is 13.0. The molecule has 0 spiro atoms. The van der Waals surface area contributed by atoms with Crippen LogP contribution in [0.1, 0.15) is 43.1 Å². The molecule has 0 unspecified atom stereocenters. The lowest BCUT2D eigenvalue weighted by molar-refractivity contribution is 0.0761. The average molecular weight is 357 g/mol. The molecule has 0 saturated carbocycles. The number of hydrogen-bond donors (Lipinski definition) is 0. The fourth-order valence-electron chi connectivity index (χ4n) is 3.30. The quantitative estimate of drug-likeness (QED) is 0.837. The largest absolute Gasteiger partial charge is 0.348 e. The van der Waals surface area contributed by atoms with Gasteiger partial charge in [0.2, 0.25) is 0 Å². The molecule has 0 radical (unpaired) electrons. The molecule has 2 heterocycles. The van der Waals surface area contributed by atoms with E-state index in [1.165, 1.54) is 12.1 Å². The topological polar surface area (TPSA) is 28.5 Å². The molecule has 0 bridgehead atoms. The van der Waals surface area contributed by atoms with E-state index in [2.05, 4.69) is 30.2 Å². The zero-order valence-corrected chi connectivity index (χ0v) is 15.9. The lowest BCUT2D eigenvalue weighted by Crippen LogP contribution is -2.35. The van der Waals surface area contributed by atoms with Crippen LogP contribution in [0.4, 0.5) is 4.39 Å². The highest BCUT2D eigenvalue weighted by atomic mass is 19.1. The maximum Gasteiger partial charge on any atom is 0.255 e. The number of amides is 1. The maximum absolute atomic E-state index is 13.0. The van der Waals surface area contributed by atoms with Gasteiger partial charge in [0.1, 0.15) is 5.82 Å². The summed E-state index contributed by atoms with van der Waals surface area (Å²) in [4.78, 5) is 17.1. The Balaban J connectivity index is 1.60. The Morgan fingerprint density at radius 1 is 1.04 bits per heavy atom. The molecule has 1 fully saturated rings. The zero-order chi connectivity index (χ0) is 18.7. The highest BCUT2D eigenvalue weighted by molar-refractivity contribution is 5.94. The Morgan fingerprint density at radius 2 is 1.77 bits per heavy atom. The second-order valence-electron chi connectivity index (χ2n) is 8.03. The van der Waals surface area contributed by atoms with Crippen molar-refractivity contribution in [3.05, 3.63) is 59.7 Å². The summed E-state index contributed by atoms with van der Waals surface area (Å²) in [5.41, 5.74) is 1.84. The van der Waals surface area contributed by atoms with Gasteiger partial charge in [0.15, 0.2) is 0 Å². The molecule has 0 N–H and O–H groups in total. The summed E-state index contributed by atoms with van der Waals surface area (Å²) in [6.07, 6.45) is 4.88. The fraction of sp³-hybridized carbons (Fsp3) is 0.476. The summed E-state index contributed by atoms with van der Waals surface area (Å²) in [5, 5.41) is 0. The molecule has 3 rings (SSSR count). The number of aromatic nitrogens is 1. The number of nitrogens with zero attached hydrogens (tertiary/aromatic N) is 3. The summed E-state index contributed by atoms with van der Waals surface area (Å²) in [6, 6.07) is 8.58. The highest BCUT2D eigenvalue weighted by Gasteiger charge is 2.22. The summed E-state index contributed by atoms with van der Waals surface area (Å²) in [6.45, 7) is 10.5. The number of benzene rings is 1. The van der Waals surface area contributed by atoms with Crippen molar-refractivity contribution >= 4 is 5.91 Å². The van der Waals surface area contributed by atoms with Gasteiger partial charge in [0.05, 0.1) is 5.56 Å². The van der Waals surface area contributed by atoms with Crippen molar-refractivity contribution in [2.24, 2.45) is 0 Å². The van der Waals surface area contributed by atoms with Gasteiger partial charge < -0.3 is 9.47 Å². The Labute approximate surface area is 155 Å². The van der Waals surface area contributed by atoms with Crippen LogP contribution in [-0.2, 0) is 12.1 Å². The molecule has 0 atom stereocenters. The Kier molecular flexibility index (Phi) is 5.47. The lowest BCUT2D eigenvalue weighted by Gasteiger charge is -2.22. The van der Waals surface area contributed by atoms with E-state index in [1.54, 1.807) is 0 Å². The van der Waals surface area contributed by atoms with E-state index in [9.17, 15) is 9.18 Å². The number of hydrogen-bond acceptors (Lipinski definition) is 2. The van der Waals surface area contributed by atoms with E-state index >= 15 is 0 Å². The Hall–Kier alpha value is -2.14.